The molecule has 35 heavy (non-hydrogen) atoms. The van der Waals surface area contributed by atoms with Crippen LogP contribution in [0.4, 0.5) is 0 Å². The second-order valence-electron chi connectivity index (χ2n) is 7.35. The summed E-state index contributed by atoms with van der Waals surface area (Å²) in [6.07, 6.45) is 0. The molecule has 0 unspecified atom stereocenters. The van der Waals surface area contributed by atoms with Crippen LogP contribution in [-0.2, 0) is 53.0 Å². The van der Waals surface area contributed by atoms with Crippen molar-refractivity contribution in [2.45, 2.75) is 26.4 Å². The number of aliphatic hydroxyl groups excluding tert-OH is 2. The van der Waals surface area contributed by atoms with E-state index in [-0.39, 0.29) is 55.4 Å². The number of benzene rings is 2. The molecule has 0 aliphatic heterocycles. The number of ether oxygens (including phenoxy) is 2. The summed E-state index contributed by atoms with van der Waals surface area (Å²) < 4.78 is 10.3. The molecular formula is C28H26FeO6-6. The van der Waals surface area contributed by atoms with E-state index in [1.54, 1.807) is 48.5 Å². The maximum Gasteiger partial charge on any atom is 0.281 e. The number of esters is 2. The number of hydrogen-bond donors (Lipinski definition) is 2. The Kier molecular flexibility index (Phi) is 11.7. The maximum absolute atomic E-state index is 11.6. The summed E-state index contributed by atoms with van der Waals surface area (Å²) in [7, 11) is 0. The summed E-state index contributed by atoms with van der Waals surface area (Å²) in [6.45, 7) is 0.260. The third-order valence-corrected chi connectivity index (χ3v) is 5.09. The minimum Gasteiger partial charge on any atom is -0.680 e. The van der Waals surface area contributed by atoms with Gasteiger partial charge in [-0.25, -0.2) is 12.1 Å². The van der Waals surface area contributed by atoms with Gasteiger partial charge in [0.1, 0.15) is 6.61 Å². The minimum atomic E-state index is -0.345. The molecule has 0 bridgehead atoms. The van der Waals surface area contributed by atoms with Crippen molar-refractivity contribution in [1.82, 2.24) is 0 Å². The summed E-state index contributed by atoms with van der Waals surface area (Å²) >= 11 is 0. The van der Waals surface area contributed by atoms with Gasteiger partial charge in [-0.2, -0.15) is 12.1 Å². The zero-order chi connectivity index (χ0) is 24.2. The van der Waals surface area contributed by atoms with Crippen molar-refractivity contribution in [2.75, 3.05) is 0 Å². The van der Waals surface area contributed by atoms with Gasteiger partial charge in [0.15, 0.2) is 0 Å². The van der Waals surface area contributed by atoms with Crippen molar-refractivity contribution in [2.24, 2.45) is 0 Å². The van der Waals surface area contributed by atoms with Crippen LogP contribution in [0.15, 0.2) is 97.1 Å². The SMILES string of the molecule is O=C(OCc1ccccc1CO)[c-]1[cH-][cH-][cH-][cH-]1.O=C(OCc1ccccc1CO)[c-]1cccc1.[Fe]. The minimum absolute atomic E-state index is 0. The Morgan fingerprint density at radius 1 is 0.686 bits per heavy atom. The number of hydrogen-bond acceptors (Lipinski definition) is 6. The van der Waals surface area contributed by atoms with Gasteiger partial charge in [0, 0.05) is 17.1 Å². The van der Waals surface area contributed by atoms with E-state index in [2.05, 4.69) is 0 Å². The molecule has 0 saturated carbocycles. The Morgan fingerprint density at radius 3 is 1.57 bits per heavy atom. The molecule has 188 valence electrons. The molecule has 0 saturated heterocycles. The summed E-state index contributed by atoms with van der Waals surface area (Å²) in [6, 6.07) is 28.7. The summed E-state index contributed by atoms with van der Waals surface area (Å²) in [5.41, 5.74) is 4.31. The van der Waals surface area contributed by atoms with Gasteiger partial charge in [0.05, 0.1) is 19.8 Å². The first-order chi connectivity index (χ1) is 16.6. The van der Waals surface area contributed by atoms with Crippen LogP contribution in [0.1, 0.15) is 43.0 Å². The predicted octanol–water partition coefficient (Wildman–Crippen LogP) is 4.51. The molecule has 7 heteroatoms. The Labute approximate surface area is 215 Å². The van der Waals surface area contributed by atoms with Gasteiger partial charge < -0.3 is 54.3 Å². The molecule has 0 spiro atoms. The molecule has 0 amide bonds. The van der Waals surface area contributed by atoms with E-state index in [0.717, 1.165) is 22.3 Å². The molecule has 0 aliphatic carbocycles. The largest absolute Gasteiger partial charge is 0.680 e. The molecule has 0 atom stereocenters. The second-order valence-corrected chi connectivity index (χ2v) is 7.35. The van der Waals surface area contributed by atoms with Gasteiger partial charge >= 0.3 is 0 Å². The standard InChI is InChI=1S/2C14H13O3.Fe/c2*15-9-12-7-3-4-8-13(12)10-17-14(16)11-5-1-2-6-11;/h2*1-8,15H,9-10H2;/q-5;-1;. The Balaban J connectivity index is 0.000000240. The molecule has 2 N–H and O–H groups in total. The first-order valence-electron chi connectivity index (χ1n) is 10.7. The van der Waals surface area contributed by atoms with Crippen LogP contribution in [0.25, 0.3) is 0 Å². The van der Waals surface area contributed by atoms with Crippen molar-refractivity contribution >= 4 is 11.9 Å². The van der Waals surface area contributed by atoms with Gasteiger partial charge in [0.25, 0.3) is 5.97 Å². The quantitative estimate of drug-likeness (QED) is 0.204. The molecule has 0 aliphatic rings. The molecule has 6 nitrogen and oxygen atoms in total. The second kappa shape index (κ2) is 14.7. The normalized spacial score (nSPS) is 9.89. The van der Waals surface area contributed by atoms with E-state index < -0.39 is 0 Å². The van der Waals surface area contributed by atoms with Crippen molar-refractivity contribution in [3.8, 4) is 0 Å². The zero-order valence-corrected chi connectivity index (χ0v) is 20.1. The van der Waals surface area contributed by atoms with E-state index in [0.29, 0.717) is 11.1 Å². The fourth-order valence-corrected chi connectivity index (χ4v) is 3.18. The molecular weight excluding hydrogens is 488 g/mol. The van der Waals surface area contributed by atoms with E-state index in [4.69, 9.17) is 19.7 Å². The fourth-order valence-electron chi connectivity index (χ4n) is 3.18. The number of carbonyl (C=O) groups excluding carboxylic acids is 2. The molecule has 0 aromatic heterocycles. The predicted molar refractivity (Wildman–Crippen MR) is 127 cm³/mol. The molecule has 0 fully saturated rings. The Morgan fingerprint density at radius 2 is 1.11 bits per heavy atom. The van der Waals surface area contributed by atoms with Crippen molar-refractivity contribution < 1.29 is 46.3 Å². The molecule has 0 radical (unpaired) electrons. The monoisotopic (exact) mass is 514 g/mol. The van der Waals surface area contributed by atoms with Gasteiger partial charge in [-0.15, -0.1) is 0 Å². The van der Waals surface area contributed by atoms with E-state index in [9.17, 15) is 9.59 Å². The van der Waals surface area contributed by atoms with Gasteiger partial charge in [-0.1, -0.05) is 60.1 Å². The Bertz CT molecular complexity index is 1070. The van der Waals surface area contributed by atoms with Crippen LogP contribution in [0.3, 0.4) is 0 Å². The number of rotatable bonds is 8. The van der Waals surface area contributed by atoms with Crippen LogP contribution in [0, 0.1) is 0 Å². The number of aliphatic hydroxyl groups is 2. The van der Waals surface area contributed by atoms with Gasteiger partial charge in [0.2, 0.25) is 0 Å². The van der Waals surface area contributed by atoms with Crippen LogP contribution < -0.4 is 0 Å². The van der Waals surface area contributed by atoms with E-state index in [1.165, 1.54) is 0 Å². The van der Waals surface area contributed by atoms with Gasteiger partial charge in [-0.05, 0) is 22.3 Å². The van der Waals surface area contributed by atoms with Crippen LogP contribution in [0.5, 0.6) is 0 Å². The first kappa shape index (κ1) is 27.8. The smallest absolute Gasteiger partial charge is 0.281 e. The summed E-state index contributed by atoms with van der Waals surface area (Å²) in [5, 5.41) is 18.3. The topological polar surface area (TPSA) is 93.1 Å². The third-order valence-electron chi connectivity index (χ3n) is 5.09. The summed E-state index contributed by atoms with van der Waals surface area (Å²) in [5.74, 6) is -0.689. The number of carbonyl (C=O) groups is 2. The molecule has 4 aromatic carbocycles. The first-order valence-corrected chi connectivity index (χ1v) is 10.7. The third kappa shape index (κ3) is 8.35. The molecule has 4 rings (SSSR count). The Hall–Kier alpha value is -3.48. The molecule has 0 heterocycles. The van der Waals surface area contributed by atoms with Gasteiger partial charge in [-0.3, -0.25) is 4.79 Å². The maximum atomic E-state index is 11.6. The average molecular weight is 514 g/mol. The van der Waals surface area contributed by atoms with Crippen LogP contribution >= 0.6 is 0 Å². The van der Waals surface area contributed by atoms with E-state index >= 15 is 0 Å². The van der Waals surface area contributed by atoms with Crippen LogP contribution in [-0.4, -0.2) is 22.2 Å². The molecule has 4 aromatic rings. The summed E-state index contributed by atoms with van der Waals surface area (Å²) in [4.78, 5) is 23.2. The van der Waals surface area contributed by atoms with E-state index in [1.807, 2.05) is 48.5 Å². The van der Waals surface area contributed by atoms with Crippen molar-refractivity contribution in [1.29, 1.82) is 0 Å². The van der Waals surface area contributed by atoms with Crippen molar-refractivity contribution in [3.63, 3.8) is 0 Å². The van der Waals surface area contributed by atoms with Crippen LogP contribution in [0.2, 0.25) is 0 Å². The fraction of sp³-hybridized carbons (Fsp3) is 0.143. The average Bonchev–Trinajstić information content (AvgIpc) is 3.61. The zero-order valence-electron chi connectivity index (χ0n) is 18.9. The van der Waals surface area contributed by atoms with Crippen molar-refractivity contribution in [3.05, 3.63) is 130 Å².